The maximum Gasteiger partial charge on any atom is 0.270 e. The first kappa shape index (κ1) is 19.8. The molecule has 1 atom stereocenters. The molecule has 0 aliphatic carbocycles. The Morgan fingerprint density at radius 3 is 2.64 bits per heavy atom. The van der Waals surface area contributed by atoms with Crippen molar-refractivity contribution in [1.29, 1.82) is 0 Å². The average molecular weight is 382 g/mol. The average Bonchev–Trinajstić information content (AvgIpc) is 2.70. The van der Waals surface area contributed by atoms with Crippen LogP contribution in [-0.2, 0) is 13.0 Å². The van der Waals surface area contributed by atoms with Gasteiger partial charge in [-0.25, -0.2) is 0 Å². The lowest BCUT2D eigenvalue weighted by atomic mass is 9.99. The molecule has 1 amide bonds. The van der Waals surface area contributed by atoms with E-state index in [1.165, 1.54) is 23.3 Å². The Balaban J connectivity index is 1.67. The molecule has 148 valence electrons. The first-order valence-electron chi connectivity index (χ1n) is 9.41. The fourth-order valence-corrected chi connectivity index (χ4v) is 3.57. The topological polar surface area (TPSA) is 78.7 Å². The number of rotatable bonds is 6. The number of nitrogens with zero attached hydrogens (tertiary/aromatic N) is 3. The highest BCUT2D eigenvalue weighted by Crippen LogP contribution is 2.24. The molecular weight excluding hydrogens is 356 g/mol. The maximum absolute atomic E-state index is 12.8. The van der Waals surface area contributed by atoms with Crippen molar-refractivity contribution in [1.82, 2.24) is 10.2 Å². The summed E-state index contributed by atoms with van der Waals surface area (Å²) in [6.07, 6.45) is 1.00. The largest absolute Gasteiger partial charge is 0.377 e. The van der Waals surface area contributed by atoms with E-state index in [2.05, 4.69) is 41.4 Å². The van der Waals surface area contributed by atoms with Gasteiger partial charge in [0.15, 0.2) is 0 Å². The summed E-state index contributed by atoms with van der Waals surface area (Å²) < 4.78 is 0. The number of benzene rings is 2. The lowest BCUT2D eigenvalue weighted by Crippen LogP contribution is -2.44. The van der Waals surface area contributed by atoms with Gasteiger partial charge < -0.3 is 10.2 Å². The van der Waals surface area contributed by atoms with Crippen LogP contribution in [0.15, 0.2) is 42.5 Å². The number of fused-ring (bicyclic) bond motifs is 1. The van der Waals surface area contributed by atoms with Gasteiger partial charge in [-0.2, -0.15) is 0 Å². The summed E-state index contributed by atoms with van der Waals surface area (Å²) >= 11 is 0. The highest BCUT2D eigenvalue weighted by molar-refractivity contribution is 6.00. The SMILES string of the molecule is CC(CNC(=O)c1cc([N+](=O)[O-])ccc1N(C)C)N1CCc2ccccc2C1. The van der Waals surface area contributed by atoms with Crippen LogP contribution in [0.5, 0.6) is 0 Å². The lowest BCUT2D eigenvalue weighted by molar-refractivity contribution is -0.384. The molecule has 28 heavy (non-hydrogen) atoms. The van der Waals surface area contributed by atoms with E-state index in [1.54, 1.807) is 11.0 Å². The van der Waals surface area contributed by atoms with Gasteiger partial charge in [0.25, 0.3) is 11.6 Å². The molecule has 0 bridgehead atoms. The molecule has 1 aliphatic rings. The van der Waals surface area contributed by atoms with Crippen LogP contribution >= 0.6 is 0 Å². The highest BCUT2D eigenvalue weighted by atomic mass is 16.6. The Kier molecular flexibility index (Phi) is 5.94. The lowest BCUT2D eigenvalue weighted by Gasteiger charge is -2.33. The Bertz CT molecular complexity index is 882. The molecule has 1 aliphatic heterocycles. The van der Waals surface area contributed by atoms with Crippen LogP contribution < -0.4 is 10.2 Å². The summed E-state index contributed by atoms with van der Waals surface area (Å²) in [5, 5.41) is 14.0. The van der Waals surface area contributed by atoms with Crippen LogP contribution in [0, 0.1) is 10.1 Å². The number of hydrogen-bond donors (Lipinski definition) is 1. The predicted octanol–water partition coefficient (Wildman–Crippen LogP) is 2.84. The van der Waals surface area contributed by atoms with Gasteiger partial charge in [0, 0.05) is 57.6 Å². The van der Waals surface area contributed by atoms with Crippen molar-refractivity contribution in [3.05, 3.63) is 69.3 Å². The minimum atomic E-state index is -0.482. The number of amides is 1. The fourth-order valence-electron chi connectivity index (χ4n) is 3.57. The third-order valence-corrected chi connectivity index (χ3v) is 5.26. The van der Waals surface area contributed by atoms with Crippen molar-refractivity contribution in [3.8, 4) is 0 Å². The van der Waals surface area contributed by atoms with E-state index in [9.17, 15) is 14.9 Å². The van der Waals surface area contributed by atoms with Crippen molar-refractivity contribution in [2.24, 2.45) is 0 Å². The molecule has 7 nitrogen and oxygen atoms in total. The molecule has 1 unspecified atom stereocenters. The number of anilines is 1. The predicted molar refractivity (Wildman–Crippen MR) is 110 cm³/mol. The van der Waals surface area contributed by atoms with Crippen molar-refractivity contribution >= 4 is 17.3 Å². The van der Waals surface area contributed by atoms with E-state index < -0.39 is 4.92 Å². The Morgan fingerprint density at radius 1 is 1.25 bits per heavy atom. The zero-order valence-electron chi connectivity index (χ0n) is 16.5. The second-order valence-corrected chi connectivity index (χ2v) is 7.40. The molecule has 2 aromatic carbocycles. The second kappa shape index (κ2) is 8.39. The van der Waals surface area contributed by atoms with E-state index in [-0.39, 0.29) is 17.6 Å². The number of non-ortho nitro benzene ring substituents is 1. The number of nitro groups is 1. The maximum atomic E-state index is 12.8. The molecule has 0 spiro atoms. The van der Waals surface area contributed by atoms with Crippen LogP contribution in [-0.4, -0.2) is 49.0 Å². The quantitative estimate of drug-likeness (QED) is 0.614. The van der Waals surface area contributed by atoms with Crippen LogP contribution in [0.3, 0.4) is 0 Å². The van der Waals surface area contributed by atoms with Crippen LogP contribution in [0.4, 0.5) is 11.4 Å². The van der Waals surface area contributed by atoms with Crippen molar-refractivity contribution in [3.63, 3.8) is 0 Å². The summed E-state index contributed by atoms with van der Waals surface area (Å²) in [5.74, 6) is -0.295. The molecule has 1 N–H and O–H groups in total. The Hall–Kier alpha value is -2.93. The minimum absolute atomic E-state index is 0.0866. The second-order valence-electron chi connectivity index (χ2n) is 7.40. The smallest absolute Gasteiger partial charge is 0.270 e. The van der Waals surface area contributed by atoms with E-state index in [4.69, 9.17) is 0 Å². The zero-order chi connectivity index (χ0) is 20.3. The van der Waals surface area contributed by atoms with Gasteiger partial charge in [0.2, 0.25) is 0 Å². The van der Waals surface area contributed by atoms with Crippen LogP contribution in [0.2, 0.25) is 0 Å². The number of carbonyl (C=O) groups excluding carboxylic acids is 1. The molecule has 3 rings (SSSR count). The standard InChI is InChI=1S/C21H26N4O3/c1-15(24-11-10-16-6-4-5-7-17(16)14-24)13-22-21(26)19-12-18(25(27)28)8-9-20(19)23(2)3/h4-9,12,15H,10-11,13-14H2,1-3H3,(H,22,26). The number of carbonyl (C=O) groups is 1. The number of nitrogens with one attached hydrogen (secondary N) is 1. The zero-order valence-corrected chi connectivity index (χ0v) is 16.5. The van der Waals surface area contributed by atoms with Gasteiger partial charge >= 0.3 is 0 Å². The first-order chi connectivity index (χ1) is 13.4. The van der Waals surface area contributed by atoms with Gasteiger partial charge in [-0.15, -0.1) is 0 Å². The van der Waals surface area contributed by atoms with Gasteiger partial charge in [0.05, 0.1) is 10.5 Å². The van der Waals surface area contributed by atoms with Gasteiger partial charge in [-0.05, 0) is 30.5 Å². The molecular formula is C21H26N4O3. The van der Waals surface area contributed by atoms with Gasteiger partial charge in [0.1, 0.15) is 0 Å². The molecule has 0 radical (unpaired) electrons. The van der Waals surface area contributed by atoms with E-state index in [0.29, 0.717) is 17.8 Å². The molecule has 2 aromatic rings. The van der Waals surface area contributed by atoms with E-state index in [0.717, 1.165) is 19.5 Å². The normalized spacial score (nSPS) is 14.8. The van der Waals surface area contributed by atoms with E-state index >= 15 is 0 Å². The van der Waals surface area contributed by atoms with Gasteiger partial charge in [-0.1, -0.05) is 24.3 Å². The Labute approximate surface area is 165 Å². The number of hydrogen-bond acceptors (Lipinski definition) is 5. The molecule has 0 saturated heterocycles. The summed E-state index contributed by atoms with van der Waals surface area (Å²) in [7, 11) is 3.62. The number of nitro benzene ring substituents is 1. The Morgan fingerprint density at radius 2 is 1.96 bits per heavy atom. The fraction of sp³-hybridized carbons (Fsp3) is 0.381. The minimum Gasteiger partial charge on any atom is -0.377 e. The molecule has 0 aromatic heterocycles. The molecule has 0 saturated carbocycles. The van der Waals surface area contributed by atoms with Crippen molar-refractivity contribution in [2.75, 3.05) is 32.1 Å². The van der Waals surface area contributed by atoms with Crippen LogP contribution in [0.1, 0.15) is 28.4 Å². The molecule has 1 heterocycles. The summed E-state index contributed by atoms with van der Waals surface area (Å²) in [4.78, 5) is 27.5. The third-order valence-electron chi connectivity index (χ3n) is 5.26. The summed E-state index contributed by atoms with van der Waals surface area (Å²) in [6, 6.07) is 13.0. The highest BCUT2D eigenvalue weighted by Gasteiger charge is 2.22. The monoisotopic (exact) mass is 382 g/mol. The summed E-state index contributed by atoms with van der Waals surface area (Å²) in [5.41, 5.74) is 3.61. The van der Waals surface area contributed by atoms with Crippen molar-refractivity contribution < 1.29 is 9.72 Å². The van der Waals surface area contributed by atoms with Gasteiger partial charge in [-0.3, -0.25) is 19.8 Å². The molecule has 0 fully saturated rings. The van der Waals surface area contributed by atoms with Crippen molar-refractivity contribution in [2.45, 2.75) is 25.9 Å². The third kappa shape index (κ3) is 4.31. The van der Waals surface area contributed by atoms with E-state index in [1.807, 2.05) is 14.1 Å². The molecule has 7 heteroatoms. The summed E-state index contributed by atoms with van der Waals surface area (Å²) in [6.45, 7) is 4.39. The first-order valence-corrected chi connectivity index (χ1v) is 9.41. The van der Waals surface area contributed by atoms with Crippen LogP contribution in [0.25, 0.3) is 0 Å².